The molecular weight excluding hydrogens is 1210 g/mol. The molecule has 2 aliphatic carbocycles. The minimum atomic E-state index is -1.23. The van der Waals surface area contributed by atoms with E-state index in [-0.39, 0.29) is 46.2 Å². The SMILES string of the molecule is COC(=O)c1ccc(C[C@@]2(C)O[C@H](c3cccc(Cl)c3)C(c3ccc(Cl)cc3)N([C@H](CSC(C)(C)C)C3CC3)C2=O)nc1.COC(=O)c1ccc(C[C@]2(C)O[C@H](c3cccc(Cl)c3)C(c3ccc(Cl)cc3)N([C@H](CSC(C)(C)C)C3CC3)C2=O)nc1. The van der Waals surface area contributed by atoms with Crippen molar-refractivity contribution in [2.24, 2.45) is 11.8 Å². The first kappa shape index (κ1) is 65.3. The maximum atomic E-state index is 14.9. The van der Waals surface area contributed by atoms with Gasteiger partial charge in [0, 0.05) is 89.8 Å². The van der Waals surface area contributed by atoms with Gasteiger partial charge in [-0.3, -0.25) is 19.6 Å². The Morgan fingerprint density at radius 1 is 0.547 bits per heavy atom. The number of carbonyl (C=O) groups excluding carboxylic acids is 4. The highest BCUT2D eigenvalue weighted by Crippen LogP contribution is 2.53. The highest BCUT2D eigenvalue weighted by atomic mass is 35.5. The molecule has 0 N–H and O–H groups in total. The zero-order valence-electron chi connectivity index (χ0n) is 50.4. The van der Waals surface area contributed by atoms with E-state index in [1.54, 1.807) is 24.3 Å². The van der Waals surface area contributed by atoms with Crippen LogP contribution >= 0.6 is 69.9 Å². The number of rotatable bonds is 18. The highest BCUT2D eigenvalue weighted by molar-refractivity contribution is 8.00. The van der Waals surface area contributed by atoms with Crippen molar-refractivity contribution < 1.29 is 38.1 Å². The zero-order valence-corrected chi connectivity index (χ0v) is 55.0. The lowest BCUT2D eigenvalue weighted by atomic mass is 9.85. The summed E-state index contributed by atoms with van der Waals surface area (Å²) in [6.45, 7) is 17.0. The summed E-state index contributed by atoms with van der Waals surface area (Å²) < 4.78 is 23.6. The van der Waals surface area contributed by atoms with Crippen LogP contribution in [0, 0.1) is 11.8 Å². The van der Waals surface area contributed by atoms with Crippen LogP contribution in [0.3, 0.4) is 0 Å². The molecule has 2 saturated carbocycles. The Hall–Kier alpha value is -5.16. The Balaban J connectivity index is 0.000000205. The molecule has 2 aromatic heterocycles. The second kappa shape index (κ2) is 27.3. The molecule has 4 aliphatic rings. The molecule has 4 aromatic carbocycles. The molecule has 4 fully saturated rings. The summed E-state index contributed by atoms with van der Waals surface area (Å²) in [5, 5.41) is 2.46. The van der Waals surface area contributed by atoms with E-state index in [0.29, 0.717) is 54.4 Å². The number of esters is 2. The Morgan fingerprint density at radius 2 is 0.907 bits per heavy atom. The number of hydrogen-bond donors (Lipinski definition) is 0. The fourth-order valence-electron chi connectivity index (χ4n) is 11.4. The fourth-order valence-corrected chi connectivity index (χ4v) is 14.3. The topological polar surface area (TPSA) is 137 Å². The fraction of sp³-hybridized carbons (Fsp3) is 0.441. The molecule has 86 heavy (non-hydrogen) atoms. The van der Waals surface area contributed by atoms with E-state index in [0.717, 1.165) is 59.4 Å². The first-order chi connectivity index (χ1) is 40.8. The number of pyridine rings is 2. The van der Waals surface area contributed by atoms with Crippen LogP contribution in [-0.2, 0) is 41.4 Å². The van der Waals surface area contributed by atoms with Crippen LogP contribution in [0.4, 0.5) is 0 Å². The molecule has 12 nitrogen and oxygen atoms in total. The molecule has 0 bridgehead atoms. The molecule has 0 radical (unpaired) electrons. The molecule has 2 amide bonds. The highest BCUT2D eigenvalue weighted by Gasteiger charge is 2.57. The average molecular weight is 1280 g/mol. The molecule has 0 spiro atoms. The summed E-state index contributed by atoms with van der Waals surface area (Å²) in [6.07, 6.45) is 6.77. The normalized spacial score (nSPS) is 23.2. The number of halogens is 4. The van der Waals surface area contributed by atoms with Crippen LogP contribution in [0.1, 0.15) is 160 Å². The van der Waals surface area contributed by atoms with Gasteiger partial charge in [-0.05, 0) is 146 Å². The van der Waals surface area contributed by atoms with Crippen molar-refractivity contribution in [1.82, 2.24) is 19.8 Å². The van der Waals surface area contributed by atoms with Gasteiger partial charge in [0.05, 0.1) is 37.4 Å². The van der Waals surface area contributed by atoms with Gasteiger partial charge in [0.15, 0.2) is 11.2 Å². The number of ether oxygens (including phenoxy) is 4. The summed E-state index contributed by atoms with van der Waals surface area (Å²) in [4.78, 5) is 67.1. The molecular formula is C68H76Cl4N4O8S2. The smallest absolute Gasteiger partial charge is 0.339 e. The van der Waals surface area contributed by atoms with Crippen LogP contribution in [0.5, 0.6) is 0 Å². The van der Waals surface area contributed by atoms with Crippen molar-refractivity contribution in [1.29, 1.82) is 0 Å². The molecule has 4 heterocycles. The Kier molecular flexibility index (Phi) is 20.7. The van der Waals surface area contributed by atoms with Crippen molar-refractivity contribution in [3.63, 3.8) is 0 Å². The monoisotopic (exact) mass is 1280 g/mol. The third-order valence-electron chi connectivity index (χ3n) is 16.0. The predicted octanol–water partition coefficient (Wildman–Crippen LogP) is 16.3. The molecule has 10 rings (SSSR count). The molecule has 456 valence electrons. The van der Waals surface area contributed by atoms with Crippen molar-refractivity contribution in [2.45, 2.75) is 151 Å². The maximum absolute atomic E-state index is 14.9. The van der Waals surface area contributed by atoms with E-state index in [2.05, 4.69) is 61.3 Å². The van der Waals surface area contributed by atoms with Gasteiger partial charge in [-0.2, -0.15) is 23.5 Å². The Bertz CT molecular complexity index is 3140. The van der Waals surface area contributed by atoms with Crippen LogP contribution in [-0.4, -0.2) is 102 Å². The van der Waals surface area contributed by atoms with Crippen LogP contribution in [0.2, 0.25) is 20.1 Å². The number of methoxy groups -OCH3 is 2. The van der Waals surface area contributed by atoms with Crippen molar-refractivity contribution in [3.05, 3.63) is 199 Å². The molecule has 6 aromatic rings. The van der Waals surface area contributed by atoms with Gasteiger partial charge >= 0.3 is 11.9 Å². The van der Waals surface area contributed by atoms with Gasteiger partial charge in [-0.1, -0.05) is 136 Å². The second-order valence-electron chi connectivity index (χ2n) is 25.1. The van der Waals surface area contributed by atoms with E-state index in [1.165, 1.54) is 26.6 Å². The molecule has 2 saturated heterocycles. The number of amides is 2. The third kappa shape index (κ3) is 16.0. The molecule has 2 unspecified atom stereocenters. The number of morpholine rings is 2. The van der Waals surface area contributed by atoms with Crippen LogP contribution in [0.25, 0.3) is 0 Å². The lowest BCUT2D eigenvalue weighted by Gasteiger charge is -2.52. The standard InChI is InChI=1S/2C34H38Cl2N2O4S/c2*1-33(2,3)43-20-28(21-9-10-21)38-29(22-11-14-25(35)15-12-22)30(23-7-6-8-26(36)17-23)42-34(4,32(38)40)18-27-16-13-24(19-37-27)31(39)41-5/h2*6-8,11-17,19,21,28-30H,9-10,18,20H2,1-5H3/t28-,29?,30-,34+;28-,29?,30-,34-/m11/s1. The van der Waals surface area contributed by atoms with Crippen LogP contribution < -0.4 is 0 Å². The average Bonchev–Trinajstić information content (AvgIpc) is 1.01. The minimum Gasteiger partial charge on any atom is -0.465 e. The number of aromatic nitrogens is 2. The van der Waals surface area contributed by atoms with Gasteiger partial charge in [0.2, 0.25) is 0 Å². The zero-order chi connectivity index (χ0) is 61.9. The van der Waals surface area contributed by atoms with E-state index in [1.807, 2.05) is 134 Å². The number of benzene rings is 4. The molecule has 8 atom stereocenters. The summed E-state index contributed by atoms with van der Waals surface area (Å²) in [7, 11) is 2.67. The van der Waals surface area contributed by atoms with Gasteiger partial charge < -0.3 is 28.7 Å². The van der Waals surface area contributed by atoms with E-state index in [4.69, 9.17) is 65.4 Å². The largest absolute Gasteiger partial charge is 0.465 e. The third-order valence-corrected chi connectivity index (χ3v) is 19.8. The lowest BCUT2D eigenvalue weighted by Crippen LogP contribution is -2.62. The van der Waals surface area contributed by atoms with Crippen molar-refractivity contribution in [2.75, 3.05) is 25.7 Å². The minimum absolute atomic E-state index is 0.0111. The summed E-state index contributed by atoms with van der Waals surface area (Å²) in [5.41, 5.74) is 3.23. The summed E-state index contributed by atoms with van der Waals surface area (Å²) >= 11 is 29.4. The second-order valence-corrected chi connectivity index (χ2v) is 30.6. The number of carbonyl (C=O) groups is 4. The Morgan fingerprint density at radius 3 is 1.20 bits per heavy atom. The lowest BCUT2D eigenvalue weighted by molar-refractivity contribution is -0.202. The molecule has 18 heteroatoms. The quantitative estimate of drug-likeness (QED) is 0.0757. The van der Waals surface area contributed by atoms with Crippen molar-refractivity contribution >= 4 is 93.7 Å². The van der Waals surface area contributed by atoms with Gasteiger partial charge in [0.1, 0.15) is 12.2 Å². The van der Waals surface area contributed by atoms with E-state index in [9.17, 15) is 19.2 Å². The summed E-state index contributed by atoms with van der Waals surface area (Å²) in [6, 6.07) is 36.9. The van der Waals surface area contributed by atoms with Crippen LogP contribution in [0.15, 0.2) is 134 Å². The number of thioether (sulfide) groups is 2. The van der Waals surface area contributed by atoms with E-state index < -0.39 is 47.4 Å². The number of nitrogens with zero attached hydrogens (tertiary/aromatic N) is 4. The number of hydrogen-bond acceptors (Lipinski definition) is 12. The maximum Gasteiger partial charge on any atom is 0.339 e. The first-order valence-electron chi connectivity index (χ1n) is 29.1. The van der Waals surface area contributed by atoms with Gasteiger partial charge in [-0.15, -0.1) is 0 Å². The van der Waals surface area contributed by atoms with Crippen molar-refractivity contribution in [3.8, 4) is 0 Å². The van der Waals surface area contributed by atoms with E-state index >= 15 is 0 Å². The predicted molar refractivity (Wildman–Crippen MR) is 345 cm³/mol. The summed E-state index contributed by atoms with van der Waals surface area (Å²) in [5.74, 6) is 1.38. The Labute approximate surface area is 535 Å². The first-order valence-corrected chi connectivity index (χ1v) is 32.6. The van der Waals surface area contributed by atoms with Gasteiger partial charge in [-0.25, -0.2) is 9.59 Å². The van der Waals surface area contributed by atoms with Gasteiger partial charge in [0.25, 0.3) is 11.8 Å². The molecule has 2 aliphatic heterocycles.